The fraction of sp³-hybridized carbons (Fsp3) is 0.765. The van der Waals surface area contributed by atoms with Crippen LogP contribution in [0.3, 0.4) is 0 Å². The maximum Gasteiger partial charge on any atom is 0.306 e. The molecule has 5 heteroatoms. The van der Waals surface area contributed by atoms with Crippen molar-refractivity contribution in [3.05, 3.63) is 12.2 Å². The van der Waals surface area contributed by atoms with Crippen molar-refractivity contribution in [1.29, 1.82) is 0 Å². The summed E-state index contributed by atoms with van der Waals surface area (Å²) < 4.78 is 5.83. The fourth-order valence-corrected chi connectivity index (χ4v) is 2.18. The highest BCUT2D eigenvalue weighted by molar-refractivity contribution is 5.70. The van der Waals surface area contributed by atoms with Gasteiger partial charge in [0.1, 0.15) is 6.54 Å². The van der Waals surface area contributed by atoms with Gasteiger partial charge in [-0.1, -0.05) is 25.5 Å². The zero-order valence-electron chi connectivity index (χ0n) is 14.5. The van der Waals surface area contributed by atoms with Crippen LogP contribution in [0.2, 0.25) is 0 Å². The molecule has 0 bridgehead atoms. The number of aliphatic carboxylic acids is 1. The van der Waals surface area contributed by atoms with Gasteiger partial charge < -0.3 is 19.1 Å². The van der Waals surface area contributed by atoms with Crippen LogP contribution in [0.5, 0.6) is 0 Å². The second kappa shape index (κ2) is 11.2. The van der Waals surface area contributed by atoms with E-state index in [-0.39, 0.29) is 12.4 Å². The summed E-state index contributed by atoms with van der Waals surface area (Å²) >= 11 is 0. The summed E-state index contributed by atoms with van der Waals surface area (Å²) in [7, 11) is 5.79. The number of esters is 1. The van der Waals surface area contributed by atoms with Crippen molar-refractivity contribution in [3.63, 3.8) is 0 Å². The molecule has 0 aliphatic carbocycles. The van der Waals surface area contributed by atoms with E-state index >= 15 is 0 Å². The van der Waals surface area contributed by atoms with Gasteiger partial charge in [0, 0.05) is 18.8 Å². The van der Waals surface area contributed by atoms with Gasteiger partial charge in [0.05, 0.1) is 21.1 Å². The van der Waals surface area contributed by atoms with E-state index in [1.807, 2.05) is 21.1 Å². The molecule has 0 saturated heterocycles. The summed E-state index contributed by atoms with van der Waals surface area (Å²) in [6.07, 6.45) is 8.69. The van der Waals surface area contributed by atoms with Crippen LogP contribution in [-0.4, -0.2) is 50.2 Å². The van der Waals surface area contributed by atoms with Gasteiger partial charge in [-0.05, 0) is 25.7 Å². The van der Waals surface area contributed by atoms with Crippen LogP contribution in [-0.2, 0) is 14.3 Å². The molecule has 128 valence electrons. The summed E-state index contributed by atoms with van der Waals surface area (Å²) in [5, 5.41) is 10.7. The summed E-state index contributed by atoms with van der Waals surface area (Å²) in [6, 6.07) is 0. The Kier molecular flexibility index (Phi) is 10.5. The minimum Gasteiger partial charge on any atom is -0.550 e. The predicted octanol–water partition coefficient (Wildman–Crippen LogP) is 1.66. The maximum absolute atomic E-state index is 11.8. The monoisotopic (exact) mass is 313 g/mol. The van der Waals surface area contributed by atoms with E-state index < -0.39 is 12.1 Å². The van der Waals surface area contributed by atoms with Crippen LogP contribution >= 0.6 is 0 Å². The number of rotatable bonds is 12. The Morgan fingerprint density at radius 2 is 1.82 bits per heavy atom. The van der Waals surface area contributed by atoms with Gasteiger partial charge in [-0.25, -0.2) is 0 Å². The van der Waals surface area contributed by atoms with Crippen molar-refractivity contribution < 1.29 is 23.9 Å². The molecule has 0 rings (SSSR count). The number of carboxylic acids is 1. The lowest BCUT2D eigenvalue weighted by Gasteiger charge is -2.29. The molecule has 0 radical (unpaired) electrons. The van der Waals surface area contributed by atoms with Crippen molar-refractivity contribution >= 4 is 11.9 Å². The van der Waals surface area contributed by atoms with Gasteiger partial charge in [-0.2, -0.15) is 0 Å². The van der Waals surface area contributed by atoms with Gasteiger partial charge in [-0.15, -0.1) is 0 Å². The number of hydrogen-bond acceptors (Lipinski definition) is 4. The molecule has 0 aliphatic rings. The van der Waals surface area contributed by atoms with E-state index in [0.29, 0.717) is 17.4 Å². The Morgan fingerprint density at radius 1 is 1.14 bits per heavy atom. The van der Waals surface area contributed by atoms with E-state index in [9.17, 15) is 14.7 Å². The largest absolute Gasteiger partial charge is 0.550 e. The highest BCUT2D eigenvalue weighted by Gasteiger charge is 2.22. The quantitative estimate of drug-likeness (QED) is 0.238. The number of ether oxygens (including phenoxy) is 1. The minimum absolute atomic E-state index is 0.247. The number of likely N-dealkylation sites (N-methyl/N-ethyl adjacent to an activating group) is 1. The Morgan fingerprint density at radius 3 is 2.36 bits per heavy atom. The third-order valence-corrected chi connectivity index (χ3v) is 3.10. The zero-order chi connectivity index (χ0) is 17.0. The fourth-order valence-electron chi connectivity index (χ4n) is 2.18. The molecule has 0 aliphatic heterocycles. The summed E-state index contributed by atoms with van der Waals surface area (Å²) in [4.78, 5) is 22.5. The molecule has 0 aromatic carbocycles. The number of allylic oxidation sites excluding steroid dienone is 2. The molecule has 0 spiro atoms. The molecule has 0 saturated carbocycles. The van der Waals surface area contributed by atoms with Crippen molar-refractivity contribution in [1.82, 2.24) is 0 Å². The molecule has 1 unspecified atom stereocenters. The normalized spacial score (nSPS) is 13.3. The Hall–Kier alpha value is -1.36. The molecule has 0 aromatic heterocycles. The first-order valence-corrected chi connectivity index (χ1v) is 8.09. The molecule has 1 atom stereocenters. The summed E-state index contributed by atoms with van der Waals surface area (Å²) in [5.41, 5.74) is 0. The molecule has 5 nitrogen and oxygen atoms in total. The van der Waals surface area contributed by atoms with Crippen LogP contribution in [0.4, 0.5) is 0 Å². The number of carbonyl (C=O) groups excluding carboxylic acids is 2. The van der Waals surface area contributed by atoms with Crippen LogP contribution in [0, 0.1) is 0 Å². The van der Waals surface area contributed by atoms with Crippen LogP contribution in [0.25, 0.3) is 0 Å². The second-order valence-electron chi connectivity index (χ2n) is 6.64. The number of unbranched alkanes of at least 4 members (excludes halogenated alkanes) is 3. The molecular formula is C17H31NO4. The van der Waals surface area contributed by atoms with Crippen molar-refractivity contribution in [2.75, 3.05) is 27.7 Å². The number of carboxylic acid groups (broad SMARTS) is 1. The van der Waals surface area contributed by atoms with E-state index in [1.165, 1.54) is 0 Å². The number of carbonyl (C=O) groups is 2. The van der Waals surface area contributed by atoms with Crippen molar-refractivity contribution in [2.45, 2.75) is 58.0 Å². The topological polar surface area (TPSA) is 66.4 Å². The predicted molar refractivity (Wildman–Crippen MR) is 84.9 cm³/mol. The molecule has 0 amide bonds. The van der Waals surface area contributed by atoms with Crippen LogP contribution in [0.15, 0.2) is 12.2 Å². The van der Waals surface area contributed by atoms with Crippen molar-refractivity contribution in [3.8, 4) is 0 Å². The molecule has 0 heterocycles. The van der Waals surface area contributed by atoms with E-state index in [4.69, 9.17) is 4.74 Å². The second-order valence-corrected chi connectivity index (χ2v) is 6.64. The zero-order valence-corrected chi connectivity index (χ0v) is 14.5. The summed E-state index contributed by atoms with van der Waals surface area (Å²) in [6.45, 7) is 2.56. The van der Waals surface area contributed by atoms with E-state index in [1.54, 1.807) is 0 Å². The average molecular weight is 313 g/mol. The number of nitrogens with zero attached hydrogens (tertiary/aromatic N) is 1. The number of hydrogen-bond donors (Lipinski definition) is 0. The van der Waals surface area contributed by atoms with Crippen LogP contribution in [0.1, 0.15) is 51.9 Å². The minimum atomic E-state index is -1.19. The maximum atomic E-state index is 11.8. The van der Waals surface area contributed by atoms with Gasteiger partial charge >= 0.3 is 5.97 Å². The first kappa shape index (κ1) is 20.6. The first-order chi connectivity index (χ1) is 10.2. The summed E-state index contributed by atoms with van der Waals surface area (Å²) in [5.74, 6) is -1.50. The van der Waals surface area contributed by atoms with Gasteiger partial charge in [0.15, 0.2) is 6.10 Å². The third-order valence-electron chi connectivity index (χ3n) is 3.10. The van der Waals surface area contributed by atoms with Gasteiger partial charge in [0.2, 0.25) is 0 Å². The molecule has 0 N–H and O–H groups in total. The van der Waals surface area contributed by atoms with Gasteiger partial charge in [0.25, 0.3) is 0 Å². The van der Waals surface area contributed by atoms with Crippen LogP contribution < -0.4 is 5.11 Å². The highest BCUT2D eigenvalue weighted by Crippen LogP contribution is 2.09. The lowest BCUT2D eigenvalue weighted by atomic mass is 10.1. The molecular weight excluding hydrogens is 282 g/mol. The SMILES string of the molecule is CC/C=C/CCCCCC(=O)OC(CC(=O)[O-])C[N+](C)(C)C. The molecule has 0 aromatic rings. The van der Waals surface area contributed by atoms with E-state index in [2.05, 4.69) is 19.1 Å². The highest BCUT2D eigenvalue weighted by atomic mass is 16.5. The lowest BCUT2D eigenvalue weighted by Crippen LogP contribution is -2.45. The Bertz CT molecular complexity index is 358. The molecule has 0 fully saturated rings. The average Bonchev–Trinajstić information content (AvgIpc) is 2.34. The molecule has 22 heavy (non-hydrogen) atoms. The Labute approximate surface area is 134 Å². The lowest BCUT2D eigenvalue weighted by molar-refractivity contribution is -0.873. The first-order valence-electron chi connectivity index (χ1n) is 8.09. The van der Waals surface area contributed by atoms with E-state index in [0.717, 1.165) is 32.1 Å². The standard InChI is InChI=1S/C17H31NO4/c1-5-6-7-8-9-10-11-12-17(21)22-15(13-16(19)20)14-18(2,3)4/h6-7,15H,5,8-14H2,1-4H3/b7-6+. The van der Waals surface area contributed by atoms with Crippen molar-refractivity contribution in [2.24, 2.45) is 0 Å². The van der Waals surface area contributed by atoms with Gasteiger partial charge in [-0.3, -0.25) is 4.79 Å². The number of quaternary nitrogens is 1. The third kappa shape index (κ3) is 13.6. The smallest absolute Gasteiger partial charge is 0.306 e. The Balaban J connectivity index is 4.01.